The van der Waals surface area contributed by atoms with Gasteiger partial charge in [0.25, 0.3) is 0 Å². The molecule has 0 fully saturated rings. The second kappa shape index (κ2) is 12.9. The van der Waals surface area contributed by atoms with Gasteiger partial charge in [-0.2, -0.15) is 6.08 Å². The van der Waals surface area contributed by atoms with Crippen LogP contribution in [0.1, 0.15) is 46.6 Å². The Morgan fingerprint density at radius 3 is 2.12 bits per heavy atom. The Kier molecular flexibility index (Phi) is 13.9. The first-order chi connectivity index (χ1) is 10.3. The minimum absolute atomic E-state index is 0. The summed E-state index contributed by atoms with van der Waals surface area (Å²) in [6.45, 7) is 11.0. The van der Waals surface area contributed by atoms with Gasteiger partial charge in [0.05, 0.1) is 0 Å². The molecule has 24 heavy (non-hydrogen) atoms. The molecule has 0 atom stereocenters. The molecule has 1 aliphatic rings. The monoisotopic (exact) mass is 438 g/mol. The van der Waals surface area contributed by atoms with Gasteiger partial charge in [0.15, 0.2) is 0 Å². The van der Waals surface area contributed by atoms with Crippen molar-refractivity contribution in [3.05, 3.63) is 66.3 Å². The van der Waals surface area contributed by atoms with Crippen LogP contribution in [0.3, 0.4) is 0 Å². The predicted octanol–water partition coefficient (Wildman–Crippen LogP) is -0.0847. The van der Waals surface area contributed by atoms with Crippen molar-refractivity contribution in [2.75, 3.05) is 0 Å². The van der Waals surface area contributed by atoms with Crippen molar-refractivity contribution in [2.24, 2.45) is 0 Å². The van der Waals surface area contributed by atoms with E-state index in [1.54, 1.807) is 24.2 Å². The van der Waals surface area contributed by atoms with E-state index in [1.165, 1.54) is 19.5 Å². The van der Waals surface area contributed by atoms with Gasteiger partial charge in [0, 0.05) is 0 Å². The molecule has 0 nitrogen and oxygen atoms in total. The van der Waals surface area contributed by atoms with E-state index in [9.17, 15) is 0 Å². The second-order valence-electron chi connectivity index (χ2n) is 6.59. The summed E-state index contributed by atoms with van der Waals surface area (Å²) < 4.78 is 1.51. The Labute approximate surface area is 174 Å². The number of hydrogen-bond acceptors (Lipinski definition) is 0. The zero-order valence-corrected chi connectivity index (χ0v) is 19.1. The summed E-state index contributed by atoms with van der Waals surface area (Å²) in [5.74, 6) is 0. The van der Waals surface area contributed by atoms with E-state index >= 15 is 0 Å². The van der Waals surface area contributed by atoms with Crippen molar-refractivity contribution in [3.8, 4) is 0 Å². The molecule has 0 saturated heterocycles. The number of fused-ring (bicyclic) bond motifs is 1. The summed E-state index contributed by atoms with van der Waals surface area (Å²) in [5.41, 5.74) is 1.70. The Hall–Kier alpha value is -0.357. The summed E-state index contributed by atoms with van der Waals surface area (Å²) in [6.07, 6.45) is 10.0. The average molecular weight is 441 g/mol. The quantitative estimate of drug-likeness (QED) is 0.503. The van der Waals surface area contributed by atoms with Gasteiger partial charge in [-0.05, 0) is 0 Å². The molecule has 130 valence electrons. The normalized spacial score (nSPS) is 11.5. The molecule has 0 saturated carbocycles. The van der Waals surface area contributed by atoms with Gasteiger partial charge in [-0.3, -0.25) is 6.08 Å². The largest absolute Gasteiger partial charge is 1.00 e. The molecule has 0 amide bonds. The van der Waals surface area contributed by atoms with Gasteiger partial charge in [0.2, 0.25) is 0 Å². The molecule has 0 radical (unpaired) electrons. The molecule has 0 spiro atoms. The van der Waals surface area contributed by atoms with Crippen molar-refractivity contribution < 1.29 is 49.0 Å². The number of halogens is 2. The van der Waals surface area contributed by atoms with Gasteiger partial charge >= 0.3 is 41.3 Å². The number of rotatable bonds is 0. The molecule has 1 aliphatic carbocycles. The fraction of sp³-hybridized carbons (Fsp3) is 0.333. The molecule has 0 unspecified atom stereocenters. The van der Waals surface area contributed by atoms with Crippen LogP contribution in [-0.2, 0) is 29.7 Å². The van der Waals surface area contributed by atoms with Crippen LogP contribution in [0.5, 0.6) is 0 Å². The van der Waals surface area contributed by atoms with Crippen molar-refractivity contribution in [3.63, 3.8) is 0 Å². The van der Waals surface area contributed by atoms with E-state index in [0.717, 1.165) is 6.42 Å². The maximum atomic E-state index is 2.99. The Balaban J connectivity index is 0. The maximum absolute atomic E-state index is 2.99. The van der Waals surface area contributed by atoms with Gasteiger partial charge in [-0.25, -0.2) is 12.2 Å². The van der Waals surface area contributed by atoms with Gasteiger partial charge in [0.1, 0.15) is 0 Å². The SMILES string of the molecule is CC(C)(C)c1c[cH-]c2ccccc12.C[C](C)=[Zr+2].[C-]1=CC=CC1.[Cl-].[Cl-]. The van der Waals surface area contributed by atoms with E-state index < -0.39 is 0 Å². The van der Waals surface area contributed by atoms with Crippen LogP contribution in [0.15, 0.2) is 54.6 Å². The number of allylic oxidation sites excluding steroid dienone is 4. The van der Waals surface area contributed by atoms with Crippen LogP contribution in [0.25, 0.3) is 10.8 Å². The van der Waals surface area contributed by atoms with E-state index in [2.05, 4.69) is 83.2 Å². The van der Waals surface area contributed by atoms with Gasteiger partial charge in [-0.15, -0.1) is 53.1 Å². The zero-order valence-electron chi connectivity index (χ0n) is 15.2. The average Bonchev–Trinajstić information content (AvgIpc) is 3.10. The van der Waals surface area contributed by atoms with Crippen LogP contribution in [0.4, 0.5) is 0 Å². The third kappa shape index (κ3) is 9.82. The molecule has 3 rings (SSSR count). The van der Waals surface area contributed by atoms with Crippen molar-refractivity contribution in [2.45, 2.75) is 46.5 Å². The minimum Gasteiger partial charge on any atom is -1.00 e. The second-order valence-corrected chi connectivity index (χ2v) is 9.05. The number of benzene rings is 1. The Morgan fingerprint density at radius 1 is 1.12 bits per heavy atom. The van der Waals surface area contributed by atoms with E-state index in [4.69, 9.17) is 0 Å². The van der Waals surface area contributed by atoms with E-state index in [0.29, 0.717) is 0 Å². The summed E-state index contributed by atoms with van der Waals surface area (Å²) in [7, 11) is 0. The molecule has 0 heterocycles. The molecule has 0 aliphatic heterocycles. The summed E-state index contributed by atoms with van der Waals surface area (Å²) in [4.78, 5) is 0. The standard InChI is InChI=1S/C13H15.C5H5.C3H6.2ClH.Zr/c1-13(2,3)12-9-8-10-6-4-5-7-11(10)12;1-2-4-5-3-1;1-3-2;;;/h4-9H,1-3H3;1-3H,4H2;1-2H3;2*1H;/q2*-1;;;;+2/p-2. The first-order valence-corrected chi connectivity index (χ1v) is 8.93. The van der Waals surface area contributed by atoms with Crippen molar-refractivity contribution >= 4 is 14.0 Å². The van der Waals surface area contributed by atoms with E-state index in [-0.39, 0.29) is 30.2 Å². The summed E-state index contributed by atoms with van der Waals surface area (Å²) >= 11 is 1.55. The molecule has 0 bridgehead atoms. The van der Waals surface area contributed by atoms with Crippen LogP contribution in [0.2, 0.25) is 0 Å². The molecule has 2 aromatic carbocycles. The fourth-order valence-electron chi connectivity index (χ4n) is 2.14. The zero-order chi connectivity index (χ0) is 16.6. The Bertz CT molecular complexity index is 644. The summed E-state index contributed by atoms with van der Waals surface area (Å²) in [5, 5.41) is 2.75. The van der Waals surface area contributed by atoms with E-state index in [1.807, 2.05) is 12.2 Å². The smallest absolute Gasteiger partial charge is 0.109 e. The molecular weight excluding hydrogens is 414 g/mol. The summed E-state index contributed by atoms with van der Waals surface area (Å²) in [6, 6.07) is 13.0. The Morgan fingerprint density at radius 2 is 1.71 bits per heavy atom. The van der Waals surface area contributed by atoms with Gasteiger partial charge in [-0.1, -0.05) is 32.3 Å². The maximum Gasteiger partial charge on any atom is -0.109 e. The first-order valence-electron chi connectivity index (χ1n) is 7.71. The minimum atomic E-state index is 0. The third-order valence-electron chi connectivity index (χ3n) is 3.07. The number of hydrogen-bond donors (Lipinski definition) is 0. The van der Waals surface area contributed by atoms with Crippen LogP contribution >= 0.6 is 0 Å². The van der Waals surface area contributed by atoms with Crippen LogP contribution in [-0.4, -0.2) is 3.21 Å². The van der Waals surface area contributed by atoms with Crippen molar-refractivity contribution in [1.82, 2.24) is 0 Å². The topological polar surface area (TPSA) is 0 Å². The van der Waals surface area contributed by atoms with Crippen LogP contribution in [0, 0.1) is 6.08 Å². The predicted molar refractivity (Wildman–Crippen MR) is 96.2 cm³/mol. The fourth-order valence-corrected chi connectivity index (χ4v) is 2.14. The molecule has 0 N–H and O–H groups in total. The van der Waals surface area contributed by atoms with Crippen molar-refractivity contribution in [1.29, 1.82) is 0 Å². The third-order valence-corrected chi connectivity index (χ3v) is 3.07. The first kappa shape index (κ1) is 25.9. The molecule has 3 heteroatoms. The van der Waals surface area contributed by atoms with Gasteiger partial charge < -0.3 is 24.8 Å². The molecular formula is C21H26Cl2Zr-2. The molecule has 2 aromatic rings. The molecule has 0 aromatic heterocycles. The van der Waals surface area contributed by atoms with Crippen LogP contribution < -0.4 is 24.8 Å².